The zero-order valence-electron chi connectivity index (χ0n) is 13.4. The van der Waals surface area contributed by atoms with Crippen LogP contribution in [0.15, 0.2) is 36.5 Å². The van der Waals surface area contributed by atoms with Crippen molar-refractivity contribution in [2.24, 2.45) is 0 Å². The van der Waals surface area contributed by atoms with E-state index in [1.54, 1.807) is 26.5 Å². The second kappa shape index (κ2) is 7.44. The van der Waals surface area contributed by atoms with Crippen LogP contribution < -0.4 is 19.4 Å². The molecule has 0 fully saturated rings. The predicted molar refractivity (Wildman–Crippen MR) is 86.2 cm³/mol. The zero-order chi connectivity index (χ0) is 16.8. The molecule has 7 heteroatoms. The summed E-state index contributed by atoms with van der Waals surface area (Å²) in [4.78, 5) is 15.5. The quantitative estimate of drug-likeness (QED) is 0.577. The third-order valence-corrected chi connectivity index (χ3v) is 3.58. The van der Waals surface area contributed by atoms with E-state index < -0.39 is 4.92 Å². The van der Waals surface area contributed by atoms with Crippen LogP contribution >= 0.6 is 0 Å². The fourth-order valence-corrected chi connectivity index (χ4v) is 2.32. The molecule has 0 spiro atoms. The minimum absolute atomic E-state index is 0.0577. The minimum Gasteiger partial charge on any atom is -0.493 e. The van der Waals surface area contributed by atoms with E-state index in [0.717, 1.165) is 12.0 Å². The Morgan fingerprint density at radius 1 is 1.22 bits per heavy atom. The average Bonchev–Trinajstić information content (AvgIpc) is 2.59. The van der Waals surface area contributed by atoms with Crippen LogP contribution in [0, 0.1) is 10.1 Å². The monoisotopic (exact) mass is 318 g/mol. The molecule has 0 saturated heterocycles. The molecule has 0 aliphatic heterocycles. The van der Waals surface area contributed by atoms with E-state index in [1.165, 1.54) is 6.07 Å². The molecule has 0 aliphatic rings. The molecule has 23 heavy (non-hydrogen) atoms. The number of hydrogen-bond donors (Lipinski definition) is 0. The molecule has 0 saturated carbocycles. The normalized spacial score (nSPS) is 10.2. The van der Waals surface area contributed by atoms with Crippen LogP contribution in [0.5, 0.6) is 11.5 Å². The highest BCUT2D eigenvalue weighted by Crippen LogP contribution is 2.28. The Labute approximate surface area is 134 Å². The molecule has 0 unspecified atom stereocenters. The second-order valence-electron chi connectivity index (χ2n) is 5.02. The highest BCUT2D eigenvalue weighted by molar-refractivity contribution is 5.52. The molecule has 122 valence electrons. The first-order valence-corrected chi connectivity index (χ1v) is 7.14. The molecule has 1 aromatic carbocycles. The predicted octanol–water partition coefficient (Wildman–Crippen LogP) is 2.10. The van der Waals surface area contributed by atoms with E-state index in [-0.39, 0.29) is 5.69 Å². The maximum absolute atomic E-state index is 11.1. The summed E-state index contributed by atoms with van der Waals surface area (Å²) in [5.74, 6) is 1.83. The lowest BCUT2D eigenvalue weighted by Gasteiger charge is -2.12. The third kappa shape index (κ3) is 3.88. The Balaban J connectivity index is 2.10. The number of nitrogens with one attached hydrogen (secondary N) is 1. The molecule has 1 N–H and O–H groups in total. The summed E-state index contributed by atoms with van der Waals surface area (Å²) in [7, 11) is 5.01. The molecule has 1 heterocycles. The first kappa shape index (κ1) is 16.5. The molecule has 0 aliphatic carbocycles. The van der Waals surface area contributed by atoms with Crippen molar-refractivity contribution < 1.29 is 19.4 Å². The summed E-state index contributed by atoms with van der Waals surface area (Å²) in [6, 6.07) is 8.82. The van der Waals surface area contributed by atoms with Gasteiger partial charge in [-0.15, -0.1) is 0 Å². The van der Waals surface area contributed by atoms with Crippen LogP contribution in [0.2, 0.25) is 0 Å². The first-order valence-electron chi connectivity index (χ1n) is 7.14. The molecule has 2 aromatic rings. The van der Waals surface area contributed by atoms with Crippen molar-refractivity contribution in [3.05, 3.63) is 52.2 Å². The zero-order valence-corrected chi connectivity index (χ0v) is 13.4. The Hall–Kier alpha value is -2.83. The molecular weight excluding hydrogens is 298 g/mol. The van der Waals surface area contributed by atoms with E-state index in [4.69, 9.17) is 9.47 Å². The standard InChI is InChI=1S/C16H19N3O4/c1-18(16-13(19(20)21)5-4-9-17-16)10-8-12-6-7-14(22-2)15(11-12)23-3/h4-7,9,11H,8,10H2,1-3H3/p+1. The van der Waals surface area contributed by atoms with Crippen molar-refractivity contribution >= 4 is 11.5 Å². The number of methoxy groups -OCH3 is 2. The Morgan fingerprint density at radius 2 is 1.96 bits per heavy atom. The van der Waals surface area contributed by atoms with E-state index in [9.17, 15) is 10.1 Å². The van der Waals surface area contributed by atoms with Gasteiger partial charge in [0, 0.05) is 12.5 Å². The number of pyridine rings is 1. The number of nitrogens with zero attached hydrogens (tertiary/aromatic N) is 2. The lowest BCUT2D eigenvalue weighted by Crippen LogP contribution is -2.27. The van der Waals surface area contributed by atoms with Crippen molar-refractivity contribution in [2.45, 2.75) is 6.42 Å². The van der Waals surface area contributed by atoms with Gasteiger partial charge >= 0.3 is 11.5 Å². The van der Waals surface area contributed by atoms with Crippen LogP contribution in [0.25, 0.3) is 0 Å². The lowest BCUT2D eigenvalue weighted by atomic mass is 10.1. The summed E-state index contributed by atoms with van der Waals surface area (Å²) < 4.78 is 10.5. The number of rotatable bonds is 7. The van der Waals surface area contributed by atoms with E-state index in [1.807, 2.05) is 30.1 Å². The molecule has 2 rings (SSSR count). The molecule has 1 aromatic heterocycles. The van der Waals surface area contributed by atoms with Gasteiger partial charge in [0.05, 0.1) is 38.9 Å². The van der Waals surface area contributed by atoms with Gasteiger partial charge in [0.1, 0.15) is 0 Å². The summed E-state index contributed by atoms with van der Waals surface area (Å²) in [5, 5.41) is 11.1. The van der Waals surface area contributed by atoms with Crippen LogP contribution in [-0.2, 0) is 6.42 Å². The molecule has 0 amide bonds. The Bertz CT molecular complexity index is 691. The molecule has 0 radical (unpaired) electrons. The number of ether oxygens (including phenoxy) is 2. The van der Waals surface area contributed by atoms with E-state index in [0.29, 0.717) is 23.9 Å². The van der Waals surface area contributed by atoms with Crippen molar-refractivity contribution in [1.29, 1.82) is 0 Å². The van der Waals surface area contributed by atoms with Gasteiger partial charge < -0.3 is 9.47 Å². The fourth-order valence-electron chi connectivity index (χ4n) is 2.32. The maximum Gasteiger partial charge on any atom is 0.357 e. The first-order chi connectivity index (χ1) is 11.1. The SMILES string of the molecule is COc1ccc(CCN(C)c2[nH+]cccc2[N+](=O)[O-])cc1OC. The average molecular weight is 318 g/mol. The minimum atomic E-state index is -0.390. The number of aromatic amines is 1. The summed E-state index contributed by atoms with van der Waals surface area (Å²) in [5.41, 5.74) is 1.12. The van der Waals surface area contributed by atoms with Crippen LogP contribution in [-0.4, -0.2) is 32.7 Å². The number of hydrogen-bond acceptors (Lipinski definition) is 5. The van der Waals surface area contributed by atoms with Crippen molar-refractivity contribution in [1.82, 2.24) is 0 Å². The fraction of sp³-hybridized carbons (Fsp3) is 0.312. The van der Waals surface area contributed by atoms with Crippen molar-refractivity contribution in [2.75, 3.05) is 32.7 Å². The van der Waals surface area contributed by atoms with Gasteiger partial charge in [-0.2, -0.15) is 0 Å². The largest absolute Gasteiger partial charge is 0.493 e. The van der Waals surface area contributed by atoms with Gasteiger partial charge in [0.25, 0.3) is 0 Å². The van der Waals surface area contributed by atoms with Gasteiger partial charge in [-0.05, 0) is 23.8 Å². The molecule has 0 bridgehead atoms. The lowest BCUT2D eigenvalue weighted by molar-refractivity contribution is -0.411. The number of H-pyrrole nitrogens is 1. The van der Waals surface area contributed by atoms with E-state index in [2.05, 4.69) is 4.98 Å². The number of nitro groups is 1. The van der Waals surface area contributed by atoms with Gasteiger partial charge in [-0.25, -0.2) is 4.98 Å². The molecular formula is C16H20N3O4+. The van der Waals surface area contributed by atoms with E-state index >= 15 is 0 Å². The molecule has 0 atom stereocenters. The van der Waals surface area contributed by atoms with Gasteiger partial charge in [0.2, 0.25) is 0 Å². The smallest absolute Gasteiger partial charge is 0.357 e. The second-order valence-corrected chi connectivity index (χ2v) is 5.02. The summed E-state index contributed by atoms with van der Waals surface area (Å²) >= 11 is 0. The van der Waals surface area contributed by atoms with Gasteiger partial charge in [-0.1, -0.05) is 6.07 Å². The number of anilines is 1. The summed E-state index contributed by atoms with van der Waals surface area (Å²) in [6.07, 6.45) is 2.39. The van der Waals surface area contributed by atoms with Crippen molar-refractivity contribution in [3.63, 3.8) is 0 Å². The maximum atomic E-state index is 11.1. The van der Waals surface area contributed by atoms with Gasteiger partial charge in [-0.3, -0.25) is 15.0 Å². The number of aromatic nitrogens is 1. The third-order valence-electron chi connectivity index (χ3n) is 3.58. The van der Waals surface area contributed by atoms with Crippen LogP contribution in [0.3, 0.4) is 0 Å². The Kier molecular flexibility index (Phi) is 5.35. The Morgan fingerprint density at radius 3 is 2.61 bits per heavy atom. The molecule has 7 nitrogen and oxygen atoms in total. The van der Waals surface area contributed by atoms with Crippen molar-refractivity contribution in [3.8, 4) is 11.5 Å². The highest BCUT2D eigenvalue weighted by atomic mass is 16.6. The van der Waals surface area contributed by atoms with Crippen LogP contribution in [0.1, 0.15) is 5.56 Å². The topological polar surface area (TPSA) is 79.0 Å². The van der Waals surface area contributed by atoms with Crippen LogP contribution in [0.4, 0.5) is 11.5 Å². The number of likely N-dealkylation sites (N-methyl/N-ethyl adjacent to an activating group) is 1. The number of benzene rings is 1. The van der Waals surface area contributed by atoms with Gasteiger partial charge in [0.15, 0.2) is 11.5 Å². The highest BCUT2D eigenvalue weighted by Gasteiger charge is 2.24. The summed E-state index contributed by atoms with van der Waals surface area (Å²) in [6.45, 7) is 0.622.